The van der Waals surface area contributed by atoms with Gasteiger partial charge < -0.3 is 14.8 Å². The zero-order valence-corrected chi connectivity index (χ0v) is 16.4. The predicted octanol–water partition coefficient (Wildman–Crippen LogP) is 5.25. The number of halogens is 1. The van der Waals surface area contributed by atoms with E-state index in [2.05, 4.69) is 5.32 Å². The van der Waals surface area contributed by atoms with Crippen LogP contribution in [-0.2, 0) is 13.2 Å². The van der Waals surface area contributed by atoms with Gasteiger partial charge in [0.2, 0.25) is 0 Å². The molecule has 0 aliphatic carbocycles. The molecule has 0 aliphatic heterocycles. The van der Waals surface area contributed by atoms with E-state index in [1.165, 1.54) is 0 Å². The van der Waals surface area contributed by atoms with Crippen LogP contribution in [0.15, 0.2) is 72.8 Å². The van der Waals surface area contributed by atoms with Gasteiger partial charge in [-0.15, -0.1) is 0 Å². The van der Waals surface area contributed by atoms with E-state index in [4.69, 9.17) is 21.1 Å². The number of nitrogens with one attached hydrogen (secondary N) is 1. The first-order chi connectivity index (χ1) is 13.7. The molecule has 3 rings (SSSR count). The van der Waals surface area contributed by atoms with Crippen LogP contribution in [0, 0.1) is 0 Å². The van der Waals surface area contributed by atoms with Crippen molar-refractivity contribution < 1.29 is 14.3 Å². The molecule has 1 amide bonds. The van der Waals surface area contributed by atoms with Crippen molar-refractivity contribution in [2.75, 3.05) is 6.61 Å². The molecule has 0 radical (unpaired) electrons. The number of benzene rings is 3. The molecule has 0 aliphatic rings. The van der Waals surface area contributed by atoms with Gasteiger partial charge in [-0.25, -0.2) is 0 Å². The quantitative estimate of drug-likeness (QED) is 0.566. The molecule has 0 unspecified atom stereocenters. The monoisotopic (exact) mass is 395 g/mol. The van der Waals surface area contributed by atoms with Crippen LogP contribution in [0.5, 0.6) is 11.5 Å². The molecule has 0 saturated heterocycles. The molecule has 3 aromatic rings. The average Bonchev–Trinajstić information content (AvgIpc) is 2.73. The highest BCUT2D eigenvalue weighted by Crippen LogP contribution is 2.23. The minimum Gasteiger partial charge on any atom is -0.493 e. The van der Waals surface area contributed by atoms with E-state index in [9.17, 15) is 4.79 Å². The van der Waals surface area contributed by atoms with Crippen LogP contribution in [-0.4, -0.2) is 12.5 Å². The summed E-state index contributed by atoms with van der Waals surface area (Å²) in [6.45, 7) is 3.21. The molecule has 0 heterocycles. The Balaban J connectivity index is 1.69. The summed E-state index contributed by atoms with van der Waals surface area (Å²) in [6.07, 6.45) is 0. The topological polar surface area (TPSA) is 47.6 Å². The van der Waals surface area contributed by atoms with Crippen LogP contribution >= 0.6 is 11.6 Å². The fourth-order valence-electron chi connectivity index (χ4n) is 2.69. The molecule has 3 aromatic carbocycles. The fourth-order valence-corrected chi connectivity index (χ4v) is 2.82. The van der Waals surface area contributed by atoms with Crippen molar-refractivity contribution in [1.82, 2.24) is 5.32 Å². The van der Waals surface area contributed by atoms with Crippen molar-refractivity contribution in [3.8, 4) is 11.5 Å². The Hall–Kier alpha value is -2.98. The summed E-state index contributed by atoms with van der Waals surface area (Å²) < 4.78 is 11.5. The molecule has 5 heteroatoms. The van der Waals surface area contributed by atoms with Crippen molar-refractivity contribution in [2.45, 2.75) is 20.1 Å². The number of hydrogen-bond acceptors (Lipinski definition) is 3. The van der Waals surface area contributed by atoms with Crippen molar-refractivity contribution in [3.63, 3.8) is 0 Å². The average molecular weight is 396 g/mol. The molecular weight excluding hydrogens is 374 g/mol. The fraction of sp³-hybridized carbons (Fsp3) is 0.174. The molecule has 0 saturated carbocycles. The summed E-state index contributed by atoms with van der Waals surface area (Å²) in [6, 6.07) is 22.3. The normalized spacial score (nSPS) is 10.4. The van der Waals surface area contributed by atoms with E-state index >= 15 is 0 Å². The van der Waals surface area contributed by atoms with Crippen LogP contribution in [0.4, 0.5) is 0 Å². The lowest BCUT2D eigenvalue weighted by molar-refractivity contribution is 0.0950. The van der Waals surface area contributed by atoms with Crippen LogP contribution in [0.2, 0.25) is 5.02 Å². The third kappa shape index (κ3) is 5.51. The lowest BCUT2D eigenvalue weighted by Gasteiger charge is -2.13. The number of ether oxygens (including phenoxy) is 2. The van der Waals surface area contributed by atoms with Crippen LogP contribution in [0.3, 0.4) is 0 Å². The second-order valence-corrected chi connectivity index (χ2v) is 6.60. The van der Waals surface area contributed by atoms with Crippen LogP contribution in [0.25, 0.3) is 0 Å². The van der Waals surface area contributed by atoms with Crippen LogP contribution in [0.1, 0.15) is 28.4 Å². The third-order valence-corrected chi connectivity index (χ3v) is 4.38. The van der Waals surface area contributed by atoms with Gasteiger partial charge in [0.1, 0.15) is 18.1 Å². The van der Waals surface area contributed by atoms with Gasteiger partial charge in [0.15, 0.2) is 0 Å². The Morgan fingerprint density at radius 1 is 0.964 bits per heavy atom. The van der Waals surface area contributed by atoms with E-state index in [0.29, 0.717) is 36.1 Å². The number of hydrogen-bond donors (Lipinski definition) is 1. The molecule has 4 nitrogen and oxygen atoms in total. The van der Waals surface area contributed by atoms with Gasteiger partial charge in [0.05, 0.1) is 6.61 Å². The van der Waals surface area contributed by atoms with E-state index in [1.807, 2.05) is 61.5 Å². The summed E-state index contributed by atoms with van der Waals surface area (Å²) in [4.78, 5) is 12.6. The van der Waals surface area contributed by atoms with E-state index in [1.54, 1.807) is 18.2 Å². The van der Waals surface area contributed by atoms with E-state index in [0.717, 1.165) is 16.9 Å². The Labute approximate surface area is 170 Å². The number of amides is 1. The molecular formula is C23H22ClNO3. The SMILES string of the molecule is CCOc1ccc(C(=O)NCc2ccc(Cl)cc2)cc1COc1ccccc1. The Morgan fingerprint density at radius 3 is 2.43 bits per heavy atom. The highest BCUT2D eigenvalue weighted by molar-refractivity contribution is 6.30. The maximum atomic E-state index is 12.6. The molecule has 0 atom stereocenters. The molecule has 0 aromatic heterocycles. The summed E-state index contributed by atoms with van der Waals surface area (Å²) in [5.41, 5.74) is 2.37. The van der Waals surface area contributed by atoms with Crippen molar-refractivity contribution >= 4 is 17.5 Å². The second kappa shape index (κ2) is 9.81. The summed E-state index contributed by atoms with van der Waals surface area (Å²) in [5.74, 6) is 1.33. The standard InChI is InChI=1S/C23H22ClNO3/c1-2-27-22-13-10-18(14-19(22)16-28-21-6-4-3-5-7-21)23(26)25-15-17-8-11-20(24)12-9-17/h3-14H,2,15-16H2,1H3,(H,25,26). The predicted molar refractivity (Wildman–Crippen MR) is 111 cm³/mol. The minimum absolute atomic E-state index is 0.154. The molecule has 0 spiro atoms. The van der Waals surface area contributed by atoms with Crippen LogP contribution < -0.4 is 14.8 Å². The van der Waals surface area contributed by atoms with E-state index < -0.39 is 0 Å². The number of para-hydroxylation sites is 1. The molecule has 0 bridgehead atoms. The Bertz CT molecular complexity index is 911. The Morgan fingerprint density at radius 2 is 1.71 bits per heavy atom. The first-order valence-electron chi connectivity index (χ1n) is 9.12. The van der Waals surface area contributed by atoms with Gasteiger partial charge in [-0.3, -0.25) is 4.79 Å². The second-order valence-electron chi connectivity index (χ2n) is 6.17. The van der Waals surface area contributed by atoms with Gasteiger partial charge in [0, 0.05) is 22.7 Å². The molecule has 1 N–H and O–H groups in total. The zero-order valence-electron chi connectivity index (χ0n) is 15.7. The van der Waals surface area contributed by atoms with Crippen molar-refractivity contribution in [3.05, 3.63) is 94.5 Å². The highest BCUT2D eigenvalue weighted by atomic mass is 35.5. The maximum Gasteiger partial charge on any atom is 0.251 e. The lowest BCUT2D eigenvalue weighted by Crippen LogP contribution is -2.23. The summed E-state index contributed by atoms with van der Waals surface area (Å²) in [7, 11) is 0. The third-order valence-electron chi connectivity index (χ3n) is 4.13. The van der Waals surface area contributed by atoms with Crippen molar-refractivity contribution in [1.29, 1.82) is 0 Å². The maximum absolute atomic E-state index is 12.6. The summed E-state index contributed by atoms with van der Waals surface area (Å²) >= 11 is 5.89. The minimum atomic E-state index is -0.154. The van der Waals surface area contributed by atoms with Gasteiger partial charge in [0.25, 0.3) is 5.91 Å². The zero-order chi connectivity index (χ0) is 19.8. The largest absolute Gasteiger partial charge is 0.493 e. The molecule has 144 valence electrons. The van der Waals surface area contributed by atoms with Crippen molar-refractivity contribution in [2.24, 2.45) is 0 Å². The first-order valence-corrected chi connectivity index (χ1v) is 9.49. The highest BCUT2D eigenvalue weighted by Gasteiger charge is 2.11. The number of carbonyl (C=O) groups is 1. The van der Waals surface area contributed by atoms with Gasteiger partial charge in [-0.05, 0) is 55.0 Å². The first kappa shape index (κ1) is 19.8. The van der Waals surface area contributed by atoms with Gasteiger partial charge in [-0.1, -0.05) is 41.9 Å². The molecule has 28 heavy (non-hydrogen) atoms. The Kier molecular flexibility index (Phi) is 6.93. The van der Waals surface area contributed by atoms with E-state index in [-0.39, 0.29) is 5.91 Å². The van der Waals surface area contributed by atoms with Gasteiger partial charge in [-0.2, -0.15) is 0 Å². The number of carbonyl (C=O) groups excluding carboxylic acids is 1. The van der Waals surface area contributed by atoms with Gasteiger partial charge >= 0.3 is 0 Å². The smallest absolute Gasteiger partial charge is 0.251 e. The number of rotatable bonds is 8. The molecule has 0 fully saturated rings. The summed E-state index contributed by atoms with van der Waals surface area (Å²) in [5, 5.41) is 3.59. The lowest BCUT2D eigenvalue weighted by atomic mass is 10.1.